The molecule has 1 aliphatic rings. The molecule has 0 unspecified atom stereocenters. The van der Waals surface area contributed by atoms with Gasteiger partial charge in [0.15, 0.2) is 6.61 Å². The molecule has 0 saturated carbocycles. The molecular weight excluding hydrogens is 182 g/mol. The Morgan fingerprint density at radius 1 is 1.36 bits per heavy atom. The molecule has 2 rings (SSSR count). The minimum Gasteiger partial charge on any atom is -0.623 e. The van der Waals surface area contributed by atoms with Gasteiger partial charge in [-0.3, -0.25) is 0 Å². The van der Waals surface area contributed by atoms with Crippen molar-refractivity contribution in [3.05, 3.63) is 41.1 Å². The molecule has 0 amide bonds. The Hall–Kier alpha value is -1.84. The Balaban J connectivity index is 2.29. The van der Waals surface area contributed by atoms with Gasteiger partial charge in [-0.05, 0) is 0 Å². The molecule has 0 bridgehead atoms. The molecule has 0 saturated heterocycles. The van der Waals surface area contributed by atoms with E-state index in [9.17, 15) is 10.0 Å². The fraction of sp³-hybridized carbons (Fsp3) is 0.200. The van der Waals surface area contributed by atoms with E-state index >= 15 is 0 Å². The second-order valence-electron chi connectivity index (χ2n) is 3.05. The van der Waals surface area contributed by atoms with Crippen LogP contribution >= 0.6 is 0 Å². The largest absolute Gasteiger partial charge is 0.623 e. The zero-order chi connectivity index (χ0) is 9.97. The van der Waals surface area contributed by atoms with Crippen LogP contribution in [0.15, 0.2) is 30.3 Å². The number of carbonyl (C=O) groups excluding carboxylic acids is 1. The Bertz CT molecular complexity index is 372. The first-order valence-electron chi connectivity index (χ1n) is 4.29. The van der Waals surface area contributed by atoms with Gasteiger partial charge in [0.05, 0.1) is 0 Å². The van der Waals surface area contributed by atoms with Crippen LogP contribution in [0.2, 0.25) is 0 Å². The van der Waals surface area contributed by atoms with Crippen molar-refractivity contribution in [2.24, 2.45) is 0 Å². The maximum atomic E-state index is 11.4. The summed E-state index contributed by atoms with van der Waals surface area (Å²) in [5.74, 6) is -0.577. The van der Waals surface area contributed by atoms with Crippen LogP contribution in [-0.2, 0) is 9.53 Å². The predicted molar refractivity (Wildman–Crippen MR) is 49.8 cm³/mol. The van der Waals surface area contributed by atoms with Crippen LogP contribution < -0.4 is 0 Å². The highest BCUT2D eigenvalue weighted by Crippen LogP contribution is 2.18. The van der Waals surface area contributed by atoms with Crippen molar-refractivity contribution in [3.8, 4) is 0 Å². The van der Waals surface area contributed by atoms with Crippen LogP contribution in [0.4, 0.5) is 0 Å². The molecule has 1 atom stereocenters. The van der Waals surface area contributed by atoms with Crippen LogP contribution in [-0.4, -0.2) is 23.5 Å². The lowest BCUT2D eigenvalue weighted by Crippen LogP contribution is -2.30. The van der Waals surface area contributed by atoms with Crippen molar-refractivity contribution in [2.75, 3.05) is 6.61 Å². The summed E-state index contributed by atoms with van der Waals surface area (Å²) in [5.41, 5.74) is 0.853. The van der Waals surface area contributed by atoms with Gasteiger partial charge in [0, 0.05) is 5.56 Å². The number of rotatable bonds is 1. The highest BCUT2D eigenvalue weighted by molar-refractivity contribution is 6.21. The lowest BCUT2D eigenvalue weighted by molar-refractivity contribution is -0.511. The van der Waals surface area contributed by atoms with E-state index in [0.29, 0.717) is 4.74 Å². The monoisotopic (exact) mass is 191 g/mol. The molecule has 0 N–H and O–H groups in total. The number of nitrogens with zero attached hydrogens (tertiary/aromatic N) is 1. The molecule has 0 aliphatic carbocycles. The summed E-state index contributed by atoms with van der Waals surface area (Å²) in [6.45, 7) is 0.114. The number of benzene rings is 1. The lowest BCUT2D eigenvalue weighted by Gasteiger charge is -2.19. The third-order valence-corrected chi connectivity index (χ3v) is 2.11. The van der Waals surface area contributed by atoms with E-state index in [4.69, 9.17) is 4.74 Å². The zero-order valence-corrected chi connectivity index (χ0v) is 7.42. The van der Waals surface area contributed by atoms with Gasteiger partial charge in [0.1, 0.15) is 0 Å². The van der Waals surface area contributed by atoms with Crippen LogP contribution in [0.5, 0.6) is 0 Å². The fourth-order valence-corrected chi connectivity index (χ4v) is 1.38. The van der Waals surface area contributed by atoms with E-state index < -0.39 is 12.0 Å². The summed E-state index contributed by atoms with van der Waals surface area (Å²) in [5, 5.41) is 11.4. The maximum absolute atomic E-state index is 11.4. The first kappa shape index (κ1) is 8.74. The van der Waals surface area contributed by atoms with Crippen molar-refractivity contribution < 1.29 is 14.3 Å². The van der Waals surface area contributed by atoms with E-state index in [2.05, 4.69) is 0 Å². The molecule has 1 aliphatic heterocycles. The predicted octanol–water partition coefficient (Wildman–Crippen LogP) is 0.866. The number of hydrogen-bond acceptors (Lipinski definition) is 3. The van der Waals surface area contributed by atoms with Crippen molar-refractivity contribution in [2.45, 2.75) is 6.04 Å². The van der Waals surface area contributed by atoms with Crippen LogP contribution in [0, 0.1) is 5.21 Å². The molecule has 4 nitrogen and oxygen atoms in total. The summed E-state index contributed by atoms with van der Waals surface area (Å²) < 4.78 is 5.42. The first-order chi connectivity index (χ1) is 6.77. The molecule has 0 spiro atoms. The van der Waals surface area contributed by atoms with Gasteiger partial charge >= 0.3 is 5.97 Å². The van der Waals surface area contributed by atoms with Crippen LogP contribution in [0.1, 0.15) is 11.6 Å². The normalized spacial score (nSPS) is 21.3. The van der Waals surface area contributed by atoms with Gasteiger partial charge in [0.2, 0.25) is 6.04 Å². The Morgan fingerprint density at radius 3 is 2.71 bits per heavy atom. The number of hydroxylamine groups is 1. The molecule has 1 aromatic rings. The summed E-state index contributed by atoms with van der Waals surface area (Å²) in [7, 11) is 0. The van der Waals surface area contributed by atoms with Crippen LogP contribution in [0.25, 0.3) is 0 Å². The number of ether oxygens (including phenoxy) is 1. The third-order valence-electron chi connectivity index (χ3n) is 2.11. The van der Waals surface area contributed by atoms with Gasteiger partial charge in [-0.25, -0.2) is 4.79 Å². The quantitative estimate of drug-likeness (QED) is 0.376. The van der Waals surface area contributed by atoms with Crippen molar-refractivity contribution in [1.82, 2.24) is 0 Å². The van der Waals surface area contributed by atoms with E-state index in [1.165, 1.54) is 0 Å². The molecule has 72 valence electrons. The van der Waals surface area contributed by atoms with E-state index in [1.807, 2.05) is 30.3 Å². The molecule has 0 fully saturated rings. The standard InChI is InChI=1S/C10H9NO3/c12-10-6-11(13)9(7-14-10)8-4-2-1-3-5-8/h1-6,9H,7H2/t9-/m1/s1. The number of carbonyl (C=O) groups is 1. The van der Waals surface area contributed by atoms with E-state index in [-0.39, 0.29) is 6.61 Å². The van der Waals surface area contributed by atoms with Crippen LogP contribution in [0.3, 0.4) is 0 Å². The number of cyclic esters (lactones) is 1. The lowest BCUT2D eigenvalue weighted by atomic mass is 10.1. The third kappa shape index (κ3) is 1.59. The zero-order valence-electron chi connectivity index (χ0n) is 7.42. The SMILES string of the molecule is O=C1C=[N+]([O-])[C@@H](c2ccccc2)CO1. The summed E-state index contributed by atoms with van der Waals surface area (Å²) in [4.78, 5) is 10.7. The maximum Gasteiger partial charge on any atom is 0.396 e. The number of hydrogen-bond donors (Lipinski definition) is 0. The summed E-state index contributed by atoms with van der Waals surface area (Å²) in [6.07, 6.45) is 0.932. The molecule has 4 heteroatoms. The molecule has 0 aromatic heterocycles. The molecule has 1 heterocycles. The van der Waals surface area contributed by atoms with Gasteiger partial charge in [0.25, 0.3) is 6.21 Å². The smallest absolute Gasteiger partial charge is 0.396 e. The average molecular weight is 191 g/mol. The fourth-order valence-electron chi connectivity index (χ4n) is 1.38. The van der Waals surface area contributed by atoms with Gasteiger partial charge in [-0.15, -0.1) is 0 Å². The summed E-state index contributed by atoms with van der Waals surface area (Å²) in [6, 6.07) is 8.83. The highest BCUT2D eigenvalue weighted by Gasteiger charge is 2.26. The van der Waals surface area contributed by atoms with Crippen molar-refractivity contribution >= 4 is 12.2 Å². The van der Waals surface area contributed by atoms with Crippen molar-refractivity contribution in [1.29, 1.82) is 0 Å². The Morgan fingerprint density at radius 2 is 2.07 bits per heavy atom. The molecule has 1 aromatic carbocycles. The molecule has 14 heavy (non-hydrogen) atoms. The second kappa shape index (κ2) is 3.49. The van der Waals surface area contributed by atoms with Gasteiger partial charge in [-0.2, -0.15) is 4.74 Å². The Kier molecular flexibility index (Phi) is 2.18. The molecular formula is C10H9NO3. The minimum absolute atomic E-state index is 0.114. The highest BCUT2D eigenvalue weighted by atomic mass is 16.6. The minimum atomic E-state index is -0.577. The summed E-state index contributed by atoms with van der Waals surface area (Å²) >= 11 is 0. The van der Waals surface area contributed by atoms with Gasteiger partial charge < -0.3 is 9.94 Å². The number of esters is 1. The van der Waals surface area contributed by atoms with Crippen molar-refractivity contribution in [3.63, 3.8) is 0 Å². The Labute approximate surface area is 81.0 Å². The molecule has 0 radical (unpaired) electrons. The average Bonchev–Trinajstić information content (AvgIpc) is 2.19. The van der Waals surface area contributed by atoms with E-state index in [1.54, 1.807) is 0 Å². The first-order valence-corrected chi connectivity index (χ1v) is 4.29. The second-order valence-corrected chi connectivity index (χ2v) is 3.05. The van der Waals surface area contributed by atoms with Gasteiger partial charge in [-0.1, -0.05) is 30.3 Å². The topological polar surface area (TPSA) is 52.4 Å². The van der Waals surface area contributed by atoms with E-state index in [0.717, 1.165) is 11.8 Å².